The van der Waals surface area contributed by atoms with Gasteiger partial charge in [0.25, 0.3) is 0 Å². The van der Waals surface area contributed by atoms with Gasteiger partial charge < -0.3 is 9.88 Å². The molecule has 106 valence electrons. The molecule has 1 aliphatic heterocycles. The van der Waals surface area contributed by atoms with Crippen molar-refractivity contribution in [3.05, 3.63) is 24.2 Å². The van der Waals surface area contributed by atoms with Crippen LogP contribution in [0.25, 0.3) is 11.2 Å². The van der Waals surface area contributed by atoms with Crippen molar-refractivity contribution < 1.29 is 0 Å². The largest absolute Gasteiger partial charge is 0.316 e. The van der Waals surface area contributed by atoms with Crippen molar-refractivity contribution in [1.82, 2.24) is 19.9 Å². The van der Waals surface area contributed by atoms with Crippen LogP contribution in [-0.4, -0.2) is 27.6 Å². The van der Waals surface area contributed by atoms with Crippen molar-refractivity contribution in [2.75, 3.05) is 13.1 Å². The van der Waals surface area contributed by atoms with Crippen LogP contribution >= 0.6 is 0 Å². The zero-order valence-electron chi connectivity index (χ0n) is 11.9. The third-order valence-electron chi connectivity index (χ3n) is 4.85. The Bertz CT molecular complexity index is 592. The lowest BCUT2D eigenvalue weighted by atomic mass is 10.0. The molecule has 0 amide bonds. The molecular formula is C16H22N4. The molecule has 0 spiro atoms. The lowest BCUT2D eigenvalue weighted by Crippen LogP contribution is -2.16. The topological polar surface area (TPSA) is 42.7 Å². The average Bonchev–Trinajstić information content (AvgIpc) is 3.18. The number of imidazole rings is 1. The third kappa shape index (κ3) is 2.12. The highest BCUT2D eigenvalue weighted by atomic mass is 15.2. The van der Waals surface area contributed by atoms with E-state index >= 15 is 0 Å². The molecule has 0 aromatic carbocycles. The Labute approximate surface area is 119 Å². The van der Waals surface area contributed by atoms with Crippen molar-refractivity contribution in [3.8, 4) is 0 Å². The fourth-order valence-electron chi connectivity index (χ4n) is 3.81. The zero-order valence-corrected chi connectivity index (χ0v) is 11.9. The summed E-state index contributed by atoms with van der Waals surface area (Å²) in [6, 6.07) is 4.72. The predicted molar refractivity (Wildman–Crippen MR) is 79.7 cm³/mol. The minimum absolute atomic E-state index is 0.624. The summed E-state index contributed by atoms with van der Waals surface area (Å²) in [7, 11) is 0. The predicted octanol–water partition coefficient (Wildman–Crippen LogP) is 2.70. The maximum absolute atomic E-state index is 4.89. The summed E-state index contributed by atoms with van der Waals surface area (Å²) < 4.78 is 2.46. The van der Waals surface area contributed by atoms with Crippen LogP contribution in [0, 0.1) is 5.92 Å². The molecule has 2 aromatic heterocycles. The van der Waals surface area contributed by atoms with Crippen LogP contribution in [0.4, 0.5) is 0 Å². The highest BCUT2D eigenvalue weighted by Crippen LogP contribution is 2.33. The minimum Gasteiger partial charge on any atom is -0.316 e. The normalized spacial score (nSPS) is 23.9. The maximum atomic E-state index is 4.89. The molecule has 3 heterocycles. The Morgan fingerprint density at radius 2 is 2.15 bits per heavy atom. The Hall–Kier alpha value is -1.42. The molecule has 1 unspecified atom stereocenters. The van der Waals surface area contributed by atoms with E-state index in [1.165, 1.54) is 37.9 Å². The fraction of sp³-hybridized carbons (Fsp3) is 0.625. The Kier molecular flexibility index (Phi) is 3.19. The molecule has 2 aliphatic rings. The summed E-state index contributed by atoms with van der Waals surface area (Å²) in [5.74, 6) is 2.01. The number of nitrogens with zero attached hydrogens (tertiary/aromatic N) is 3. The number of hydrogen-bond acceptors (Lipinski definition) is 3. The van der Waals surface area contributed by atoms with Gasteiger partial charge in [-0.15, -0.1) is 0 Å². The molecule has 1 N–H and O–H groups in total. The highest BCUT2D eigenvalue weighted by Gasteiger charge is 2.25. The van der Waals surface area contributed by atoms with Gasteiger partial charge in [-0.25, -0.2) is 9.97 Å². The van der Waals surface area contributed by atoms with Gasteiger partial charge in [0.2, 0.25) is 0 Å². The van der Waals surface area contributed by atoms with E-state index in [9.17, 15) is 0 Å². The molecule has 20 heavy (non-hydrogen) atoms. The van der Waals surface area contributed by atoms with E-state index in [-0.39, 0.29) is 0 Å². The lowest BCUT2D eigenvalue weighted by molar-refractivity contribution is 0.476. The molecule has 1 aliphatic carbocycles. The average molecular weight is 270 g/mol. The summed E-state index contributed by atoms with van der Waals surface area (Å²) >= 11 is 0. The first-order valence-electron chi connectivity index (χ1n) is 7.94. The number of hydrogen-bond donors (Lipinski definition) is 1. The molecule has 2 fully saturated rings. The number of pyridine rings is 1. The molecule has 0 bridgehead atoms. The monoisotopic (exact) mass is 270 g/mol. The quantitative estimate of drug-likeness (QED) is 0.932. The van der Waals surface area contributed by atoms with Gasteiger partial charge in [-0.05, 0) is 50.4 Å². The van der Waals surface area contributed by atoms with Crippen LogP contribution in [0.15, 0.2) is 18.3 Å². The number of aromatic nitrogens is 3. The summed E-state index contributed by atoms with van der Waals surface area (Å²) in [5.41, 5.74) is 2.17. The molecule has 1 atom stereocenters. The SMILES string of the molecule is c1cnc2c(c1)nc(CC1CCNC1)n2C1CCCC1. The van der Waals surface area contributed by atoms with Gasteiger partial charge in [-0.2, -0.15) is 0 Å². The van der Waals surface area contributed by atoms with Gasteiger partial charge in [0.05, 0.1) is 0 Å². The second-order valence-electron chi connectivity index (χ2n) is 6.25. The molecule has 1 saturated heterocycles. The van der Waals surface area contributed by atoms with E-state index in [0.717, 1.165) is 36.6 Å². The number of fused-ring (bicyclic) bond motifs is 1. The summed E-state index contributed by atoms with van der Waals surface area (Å²) in [4.78, 5) is 9.50. The first-order valence-corrected chi connectivity index (χ1v) is 7.94. The molecule has 0 radical (unpaired) electrons. The van der Waals surface area contributed by atoms with Gasteiger partial charge in [-0.3, -0.25) is 0 Å². The molecule has 1 saturated carbocycles. The Balaban J connectivity index is 1.74. The van der Waals surface area contributed by atoms with Crippen LogP contribution < -0.4 is 5.32 Å². The molecule has 2 aromatic rings. The van der Waals surface area contributed by atoms with E-state index in [4.69, 9.17) is 4.98 Å². The van der Waals surface area contributed by atoms with Gasteiger partial charge in [-0.1, -0.05) is 12.8 Å². The van der Waals surface area contributed by atoms with E-state index in [1.807, 2.05) is 12.3 Å². The number of nitrogens with one attached hydrogen (secondary N) is 1. The van der Waals surface area contributed by atoms with Crippen molar-refractivity contribution in [1.29, 1.82) is 0 Å². The second kappa shape index (κ2) is 5.17. The van der Waals surface area contributed by atoms with Gasteiger partial charge in [0.1, 0.15) is 11.3 Å². The van der Waals surface area contributed by atoms with E-state index in [2.05, 4.69) is 20.9 Å². The minimum atomic E-state index is 0.624. The summed E-state index contributed by atoms with van der Waals surface area (Å²) in [5, 5.41) is 3.46. The molecule has 4 heteroatoms. The standard InChI is InChI=1S/C16H22N4/c1-2-5-13(4-1)20-15(10-12-7-9-17-11-12)19-14-6-3-8-18-16(14)20/h3,6,8,12-13,17H,1-2,4-5,7,9-11H2. The van der Waals surface area contributed by atoms with Gasteiger partial charge in [0, 0.05) is 18.7 Å². The van der Waals surface area contributed by atoms with Gasteiger partial charge >= 0.3 is 0 Å². The van der Waals surface area contributed by atoms with Crippen molar-refractivity contribution in [3.63, 3.8) is 0 Å². The number of rotatable bonds is 3. The van der Waals surface area contributed by atoms with Crippen molar-refractivity contribution in [2.24, 2.45) is 5.92 Å². The molecule has 4 nitrogen and oxygen atoms in total. The Morgan fingerprint density at radius 1 is 1.25 bits per heavy atom. The zero-order chi connectivity index (χ0) is 13.4. The van der Waals surface area contributed by atoms with Crippen LogP contribution in [0.1, 0.15) is 44.0 Å². The van der Waals surface area contributed by atoms with Crippen molar-refractivity contribution in [2.45, 2.75) is 44.6 Å². The smallest absolute Gasteiger partial charge is 0.160 e. The maximum Gasteiger partial charge on any atom is 0.160 e. The Morgan fingerprint density at radius 3 is 2.95 bits per heavy atom. The van der Waals surface area contributed by atoms with E-state index in [1.54, 1.807) is 0 Å². The fourth-order valence-corrected chi connectivity index (χ4v) is 3.81. The van der Waals surface area contributed by atoms with Crippen LogP contribution in [0.5, 0.6) is 0 Å². The summed E-state index contributed by atoms with van der Waals surface area (Å²) in [6.45, 7) is 2.30. The third-order valence-corrected chi connectivity index (χ3v) is 4.85. The first kappa shape index (κ1) is 12.3. The van der Waals surface area contributed by atoms with E-state index < -0.39 is 0 Å². The van der Waals surface area contributed by atoms with Gasteiger partial charge in [0.15, 0.2) is 5.65 Å². The summed E-state index contributed by atoms with van der Waals surface area (Å²) in [6.07, 6.45) is 9.55. The molecular weight excluding hydrogens is 248 g/mol. The highest BCUT2D eigenvalue weighted by molar-refractivity contribution is 5.71. The van der Waals surface area contributed by atoms with Crippen molar-refractivity contribution >= 4 is 11.2 Å². The van der Waals surface area contributed by atoms with E-state index in [0.29, 0.717) is 6.04 Å². The van der Waals surface area contributed by atoms with Crippen LogP contribution in [-0.2, 0) is 6.42 Å². The second-order valence-corrected chi connectivity index (χ2v) is 6.25. The van der Waals surface area contributed by atoms with Crippen LogP contribution in [0.3, 0.4) is 0 Å². The molecule has 4 rings (SSSR count). The van der Waals surface area contributed by atoms with Crippen LogP contribution in [0.2, 0.25) is 0 Å². The lowest BCUT2D eigenvalue weighted by Gasteiger charge is -2.17. The first-order chi connectivity index (χ1) is 9.92.